The molecular weight excluding hydrogens is 731 g/mol. The molecule has 0 saturated heterocycles. The summed E-state index contributed by atoms with van der Waals surface area (Å²) in [5.74, 6) is 0.669. The van der Waals surface area contributed by atoms with E-state index < -0.39 is 0 Å². The fourth-order valence-corrected chi connectivity index (χ4v) is 9.01. The summed E-state index contributed by atoms with van der Waals surface area (Å²) in [4.78, 5) is 10.4. The lowest BCUT2D eigenvalue weighted by Gasteiger charge is -2.14. The van der Waals surface area contributed by atoms with Crippen LogP contribution in [0.3, 0.4) is 0 Å². The third-order valence-electron chi connectivity index (χ3n) is 11.9. The molecular formula is C56H35N3O. The standard InChI is InChI=1S/C56H35N3O/c1-3-14-38(15-4-1)56-57-50(35-51(58-56)49-23-13-22-48-47-21-10-12-25-54(47)60-55(48)49)44-33-32-41(42-18-7-8-19-43(42)44)37-28-26-36(27-29-37)39-30-31-46-45-20-9-11-24-52(45)59(53(46)34-39)40-16-5-2-6-17-40/h1-35H. The first-order valence-electron chi connectivity index (χ1n) is 20.3. The van der Waals surface area contributed by atoms with Crippen LogP contribution < -0.4 is 0 Å². The summed E-state index contributed by atoms with van der Waals surface area (Å²) in [6.07, 6.45) is 0. The number of para-hydroxylation sites is 4. The number of hydrogen-bond donors (Lipinski definition) is 0. The number of benzene rings is 9. The average Bonchev–Trinajstić information content (AvgIpc) is 3.87. The fraction of sp³-hybridized carbons (Fsp3) is 0. The van der Waals surface area contributed by atoms with Crippen molar-refractivity contribution >= 4 is 54.5 Å². The van der Waals surface area contributed by atoms with Gasteiger partial charge in [-0.05, 0) is 75.5 Å². The molecule has 4 heteroatoms. The van der Waals surface area contributed by atoms with E-state index in [1.54, 1.807) is 0 Å². The van der Waals surface area contributed by atoms with E-state index in [-0.39, 0.29) is 0 Å². The summed E-state index contributed by atoms with van der Waals surface area (Å²) < 4.78 is 8.87. The molecule has 3 heterocycles. The Hall–Kier alpha value is -8.08. The maximum atomic E-state index is 6.49. The maximum Gasteiger partial charge on any atom is 0.160 e. The van der Waals surface area contributed by atoms with Gasteiger partial charge in [0.05, 0.1) is 22.4 Å². The average molecular weight is 766 g/mol. The van der Waals surface area contributed by atoms with Crippen LogP contribution in [0.5, 0.6) is 0 Å². The molecule has 0 unspecified atom stereocenters. The summed E-state index contributed by atoms with van der Waals surface area (Å²) in [7, 11) is 0. The van der Waals surface area contributed by atoms with Gasteiger partial charge in [0.15, 0.2) is 5.82 Å². The first-order chi connectivity index (χ1) is 29.7. The highest BCUT2D eigenvalue weighted by molar-refractivity contribution is 6.11. The predicted octanol–water partition coefficient (Wildman–Crippen LogP) is 15.0. The minimum Gasteiger partial charge on any atom is -0.455 e. The Balaban J connectivity index is 0.963. The Morgan fingerprint density at radius 3 is 1.72 bits per heavy atom. The van der Waals surface area contributed by atoms with Crippen molar-refractivity contribution in [3.05, 3.63) is 212 Å². The molecule has 0 aliphatic heterocycles. The Morgan fingerprint density at radius 2 is 0.917 bits per heavy atom. The van der Waals surface area contributed by atoms with Gasteiger partial charge < -0.3 is 8.98 Å². The molecule has 0 aliphatic rings. The van der Waals surface area contributed by atoms with Crippen molar-refractivity contribution in [3.8, 4) is 61.8 Å². The van der Waals surface area contributed by atoms with Crippen LogP contribution in [0, 0.1) is 0 Å². The van der Waals surface area contributed by atoms with Crippen molar-refractivity contribution in [1.29, 1.82) is 0 Å². The summed E-state index contributed by atoms with van der Waals surface area (Å²) in [6, 6.07) is 75.0. The van der Waals surface area contributed by atoms with Gasteiger partial charge in [-0.2, -0.15) is 0 Å². The van der Waals surface area contributed by atoms with E-state index in [0.717, 1.165) is 72.0 Å². The second-order valence-electron chi connectivity index (χ2n) is 15.3. The molecule has 4 nitrogen and oxygen atoms in total. The Labute approximate surface area is 346 Å². The van der Waals surface area contributed by atoms with E-state index >= 15 is 0 Å². The van der Waals surface area contributed by atoms with Crippen molar-refractivity contribution < 1.29 is 4.42 Å². The van der Waals surface area contributed by atoms with Gasteiger partial charge in [-0.3, -0.25) is 0 Å². The molecule has 0 atom stereocenters. The monoisotopic (exact) mass is 765 g/mol. The number of aromatic nitrogens is 3. The summed E-state index contributed by atoms with van der Waals surface area (Å²) >= 11 is 0. The van der Waals surface area contributed by atoms with Gasteiger partial charge in [-0.25, -0.2) is 9.97 Å². The van der Waals surface area contributed by atoms with Crippen molar-refractivity contribution in [1.82, 2.24) is 14.5 Å². The van der Waals surface area contributed by atoms with Gasteiger partial charge in [0.25, 0.3) is 0 Å². The molecule has 0 aliphatic carbocycles. The molecule has 0 fully saturated rings. The molecule has 0 saturated carbocycles. The lowest BCUT2D eigenvalue weighted by atomic mass is 9.92. The quantitative estimate of drug-likeness (QED) is 0.169. The molecule has 12 aromatic rings. The minimum absolute atomic E-state index is 0.669. The fourth-order valence-electron chi connectivity index (χ4n) is 9.01. The van der Waals surface area contributed by atoms with Crippen molar-refractivity contribution in [3.63, 3.8) is 0 Å². The number of rotatable bonds is 6. The van der Waals surface area contributed by atoms with Gasteiger partial charge in [0, 0.05) is 43.9 Å². The Bertz CT molecular complexity index is 3580. The van der Waals surface area contributed by atoms with Crippen molar-refractivity contribution in [2.45, 2.75) is 0 Å². The van der Waals surface area contributed by atoms with E-state index in [4.69, 9.17) is 14.4 Å². The molecule has 3 aromatic heterocycles. The minimum atomic E-state index is 0.669. The van der Waals surface area contributed by atoms with Crippen molar-refractivity contribution in [2.75, 3.05) is 0 Å². The number of hydrogen-bond acceptors (Lipinski definition) is 3. The molecule has 0 radical (unpaired) electrons. The van der Waals surface area contributed by atoms with Crippen molar-refractivity contribution in [2.24, 2.45) is 0 Å². The van der Waals surface area contributed by atoms with E-state index in [1.165, 1.54) is 38.5 Å². The number of furan rings is 1. The molecule has 12 rings (SSSR count). The summed E-state index contributed by atoms with van der Waals surface area (Å²) in [5, 5.41) is 6.96. The highest BCUT2D eigenvalue weighted by atomic mass is 16.3. The van der Waals surface area contributed by atoms with Crippen LogP contribution in [-0.4, -0.2) is 14.5 Å². The summed E-state index contributed by atoms with van der Waals surface area (Å²) in [6.45, 7) is 0. The molecule has 0 N–H and O–H groups in total. The van der Waals surface area contributed by atoms with Crippen LogP contribution >= 0.6 is 0 Å². The molecule has 60 heavy (non-hydrogen) atoms. The lowest BCUT2D eigenvalue weighted by molar-refractivity contribution is 0.670. The van der Waals surface area contributed by atoms with Gasteiger partial charge in [0.1, 0.15) is 11.2 Å². The second kappa shape index (κ2) is 13.8. The van der Waals surface area contributed by atoms with E-state index in [1.807, 2.05) is 30.3 Å². The normalized spacial score (nSPS) is 11.7. The zero-order valence-electron chi connectivity index (χ0n) is 32.5. The topological polar surface area (TPSA) is 43.9 Å². The van der Waals surface area contributed by atoms with Gasteiger partial charge in [0.2, 0.25) is 0 Å². The number of nitrogens with zero attached hydrogens (tertiary/aromatic N) is 3. The van der Waals surface area contributed by atoms with Crippen LogP contribution in [0.2, 0.25) is 0 Å². The molecule has 9 aromatic carbocycles. The van der Waals surface area contributed by atoms with Gasteiger partial charge >= 0.3 is 0 Å². The first-order valence-corrected chi connectivity index (χ1v) is 20.3. The summed E-state index contributed by atoms with van der Waals surface area (Å²) in [5.41, 5.74) is 14.5. The Morgan fingerprint density at radius 1 is 0.333 bits per heavy atom. The van der Waals surface area contributed by atoms with E-state index in [2.05, 4.69) is 187 Å². The molecule has 280 valence electrons. The number of fused-ring (bicyclic) bond motifs is 7. The van der Waals surface area contributed by atoms with E-state index in [0.29, 0.717) is 5.82 Å². The smallest absolute Gasteiger partial charge is 0.160 e. The van der Waals surface area contributed by atoms with Crippen LogP contribution in [0.25, 0.3) is 116 Å². The van der Waals surface area contributed by atoms with Gasteiger partial charge in [-0.1, -0.05) is 170 Å². The zero-order valence-corrected chi connectivity index (χ0v) is 32.5. The van der Waals surface area contributed by atoms with Gasteiger partial charge in [-0.15, -0.1) is 0 Å². The highest BCUT2D eigenvalue weighted by Gasteiger charge is 2.19. The van der Waals surface area contributed by atoms with Crippen LogP contribution in [0.4, 0.5) is 0 Å². The zero-order chi connectivity index (χ0) is 39.6. The molecule has 0 spiro atoms. The Kier molecular flexibility index (Phi) is 7.82. The molecule has 0 amide bonds. The van der Waals surface area contributed by atoms with Crippen LogP contribution in [0.15, 0.2) is 217 Å². The molecule has 0 bridgehead atoms. The van der Waals surface area contributed by atoms with Crippen LogP contribution in [0.1, 0.15) is 0 Å². The lowest BCUT2D eigenvalue weighted by Crippen LogP contribution is -1.97. The third kappa shape index (κ3) is 5.53. The predicted molar refractivity (Wildman–Crippen MR) is 248 cm³/mol. The first kappa shape index (κ1) is 34.0. The van der Waals surface area contributed by atoms with Crippen LogP contribution in [-0.2, 0) is 0 Å². The highest BCUT2D eigenvalue weighted by Crippen LogP contribution is 2.41. The largest absolute Gasteiger partial charge is 0.455 e. The SMILES string of the molecule is c1ccc(-c2nc(-c3ccc(-c4ccc(-c5ccc6c7ccccc7n(-c7ccccc7)c6c5)cc4)c4ccccc34)cc(-c3cccc4c3oc3ccccc34)n2)cc1. The maximum absolute atomic E-state index is 6.49. The third-order valence-corrected chi connectivity index (χ3v) is 11.9. The second-order valence-corrected chi connectivity index (χ2v) is 15.3. The van der Waals surface area contributed by atoms with E-state index in [9.17, 15) is 0 Å².